The molecule has 1 unspecified atom stereocenters. The lowest BCUT2D eigenvalue weighted by molar-refractivity contribution is -0.121. The van der Waals surface area contributed by atoms with Crippen LogP contribution in [0.15, 0.2) is 18.2 Å². The van der Waals surface area contributed by atoms with Crippen molar-refractivity contribution in [1.82, 2.24) is 5.32 Å². The third kappa shape index (κ3) is 4.51. The molecule has 4 N–H and O–H groups in total. The van der Waals surface area contributed by atoms with E-state index in [1.807, 2.05) is 19.9 Å². The van der Waals surface area contributed by atoms with Crippen molar-refractivity contribution in [2.45, 2.75) is 26.8 Å². The number of amides is 1. The minimum atomic E-state index is -0.407. The lowest BCUT2D eigenvalue weighted by atomic mass is 10.1. The van der Waals surface area contributed by atoms with Gasteiger partial charge in [0.25, 0.3) is 0 Å². The second-order valence-electron chi connectivity index (χ2n) is 4.92. The zero-order chi connectivity index (χ0) is 14.4. The molecule has 0 aliphatic heterocycles. The molecule has 1 aromatic carbocycles. The first-order chi connectivity index (χ1) is 8.93. The largest absolute Gasteiger partial charge is 0.397 e. The Morgan fingerprint density at radius 1 is 1.42 bits per heavy atom. The summed E-state index contributed by atoms with van der Waals surface area (Å²) in [6.07, 6.45) is 0. The Morgan fingerprint density at radius 2 is 2.11 bits per heavy atom. The van der Waals surface area contributed by atoms with Crippen molar-refractivity contribution in [1.29, 1.82) is 5.26 Å². The zero-order valence-corrected chi connectivity index (χ0v) is 11.5. The summed E-state index contributed by atoms with van der Waals surface area (Å²) in [6, 6.07) is 6.57. The fraction of sp³-hybridized carbons (Fsp3) is 0.429. The van der Waals surface area contributed by atoms with Crippen LogP contribution in [0.2, 0.25) is 0 Å². The van der Waals surface area contributed by atoms with Gasteiger partial charge in [-0.25, -0.2) is 0 Å². The molecular formula is C14H20N4O. The summed E-state index contributed by atoms with van der Waals surface area (Å²) in [4.78, 5) is 11.8. The van der Waals surface area contributed by atoms with Crippen LogP contribution < -0.4 is 16.4 Å². The first-order valence-electron chi connectivity index (χ1n) is 6.28. The molecule has 0 aliphatic carbocycles. The molecule has 1 atom stereocenters. The van der Waals surface area contributed by atoms with Gasteiger partial charge in [-0.1, -0.05) is 13.8 Å². The molecule has 0 fully saturated rings. The maximum atomic E-state index is 11.8. The Kier molecular flexibility index (Phi) is 5.19. The second-order valence-corrected chi connectivity index (χ2v) is 4.92. The molecular weight excluding hydrogens is 240 g/mol. The number of hydrogen-bond acceptors (Lipinski definition) is 4. The van der Waals surface area contributed by atoms with Crippen LogP contribution in [0.1, 0.15) is 26.3 Å². The quantitative estimate of drug-likeness (QED) is 0.703. The van der Waals surface area contributed by atoms with Crippen LogP contribution in [0.25, 0.3) is 0 Å². The molecule has 1 rings (SSSR count). The van der Waals surface area contributed by atoms with Crippen molar-refractivity contribution in [3.8, 4) is 6.07 Å². The van der Waals surface area contributed by atoms with Crippen molar-refractivity contribution < 1.29 is 4.79 Å². The molecule has 0 bridgehead atoms. The van der Waals surface area contributed by atoms with E-state index >= 15 is 0 Å². The number of nitrogens with two attached hydrogens (primary N) is 1. The van der Waals surface area contributed by atoms with Gasteiger partial charge in [-0.15, -0.1) is 0 Å². The number of nitrogen functional groups attached to an aromatic ring is 1. The van der Waals surface area contributed by atoms with Crippen LogP contribution in [0, 0.1) is 17.2 Å². The average Bonchev–Trinajstić information content (AvgIpc) is 2.38. The first kappa shape index (κ1) is 14.8. The topological polar surface area (TPSA) is 90.9 Å². The highest BCUT2D eigenvalue weighted by atomic mass is 16.2. The number of nitrogens with zero attached hydrogens (tertiary/aromatic N) is 1. The number of rotatable bonds is 5. The van der Waals surface area contributed by atoms with E-state index in [-0.39, 0.29) is 5.91 Å². The van der Waals surface area contributed by atoms with E-state index in [1.54, 1.807) is 25.1 Å². The first-order valence-corrected chi connectivity index (χ1v) is 6.28. The molecule has 0 radical (unpaired) electrons. The normalized spacial score (nSPS) is 11.7. The summed E-state index contributed by atoms with van der Waals surface area (Å²) in [5.74, 6) is 0.318. The minimum Gasteiger partial charge on any atom is -0.397 e. The zero-order valence-electron chi connectivity index (χ0n) is 11.5. The van der Waals surface area contributed by atoms with Crippen molar-refractivity contribution >= 4 is 17.3 Å². The third-order valence-electron chi connectivity index (χ3n) is 2.63. The molecule has 0 aromatic heterocycles. The minimum absolute atomic E-state index is 0.0875. The summed E-state index contributed by atoms with van der Waals surface area (Å²) in [7, 11) is 0. The summed E-state index contributed by atoms with van der Waals surface area (Å²) in [5, 5.41) is 14.7. The SMILES string of the molecule is CC(C)CNC(=O)C(C)Nc1cc(C#N)ccc1N. The van der Waals surface area contributed by atoms with Crippen molar-refractivity contribution in [2.75, 3.05) is 17.6 Å². The molecule has 102 valence electrons. The van der Waals surface area contributed by atoms with Crippen LogP contribution in [0.4, 0.5) is 11.4 Å². The predicted octanol–water partition coefficient (Wildman–Crippen LogP) is 1.71. The van der Waals surface area contributed by atoms with Gasteiger partial charge in [0.1, 0.15) is 6.04 Å². The summed E-state index contributed by atoms with van der Waals surface area (Å²) >= 11 is 0. The highest BCUT2D eigenvalue weighted by Gasteiger charge is 2.14. The number of hydrogen-bond donors (Lipinski definition) is 3. The van der Waals surface area contributed by atoms with E-state index in [0.29, 0.717) is 29.4 Å². The Morgan fingerprint density at radius 3 is 2.68 bits per heavy atom. The van der Waals surface area contributed by atoms with E-state index in [1.165, 1.54) is 0 Å². The summed E-state index contributed by atoms with van der Waals surface area (Å²) in [6.45, 7) is 6.46. The fourth-order valence-corrected chi connectivity index (χ4v) is 1.51. The number of carbonyl (C=O) groups excluding carboxylic acids is 1. The average molecular weight is 260 g/mol. The van der Waals surface area contributed by atoms with Gasteiger partial charge < -0.3 is 16.4 Å². The second kappa shape index (κ2) is 6.64. The Balaban J connectivity index is 2.68. The Labute approximate surface area is 113 Å². The van der Waals surface area contributed by atoms with Crippen LogP contribution in [-0.4, -0.2) is 18.5 Å². The summed E-state index contributed by atoms with van der Waals surface area (Å²) < 4.78 is 0. The maximum Gasteiger partial charge on any atom is 0.242 e. The molecule has 1 amide bonds. The standard InChI is InChI=1S/C14H20N4O/c1-9(2)8-17-14(19)10(3)18-13-6-11(7-15)4-5-12(13)16/h4-6,9-10,18H,8,16H2,1-3H3,(H,17,19). The van der Waals surface area contributed by atoms with E-state index in [4.69, 9.17) is 11.0 Å². The third-order valence-corrected chi connectivity index (χ3v) is 2.63. The van der Waals surface area contributed by atoms with Gasteiger partial charge in [0, 0.05) is 6.54 Å². The number of carbonyl (C=O) groups is 1. The van der Waals surface area contributed by atoms with Gasteiger partial charge in [-0.05, 0) is 31.0 Å². The summed E-state index contributed by atoms with van der Waals surface area (Å²) in [5.41, 5.74) is 7.44. The van der Waals surface area contributed by atoms with Gasteiger partial charge in [0.15, 0.2) is 0 Å². The van der Waals surface area contributed by atoms with E-state index in [0.717, 1.165) is 0 Å². The maximum absolute atomic E-state index is 11.8. The van der Waals surface area contributed by atoms with Crippen LogP contribution >= 0.6 is 0 Å². The van der Waals surface area contributed by atoms with Crippen LogP contribution in [0.3, 0.4) is 0 Å². The van der Waals surface area contributed by atoms with Gasteiger partial charge in [-0.2, -0.15) is 5.26 Å². The molecule has 1 aromatic rings. The Hall–Kier alpha value is -2.22. The van der Waals surface area contributed by atoms with Crippen molar-refractivity contribution in [2.24, 2.45) is 5.92 Å². The fourth-order valence-electron chi connectivity index (χ4n) is 1.51. The molecule has 5 heteroatoms. The smallest absolute Gasteiger partial charge is 0.242 e. The molecule has 19 heavy (non-hydrogen) atoms. The predicted molar refractivity (Wildman–Crippen MR) is 76.5 cm³/mol. The molecule has 0 spiro atoms. The van der Waals surface area contributed by atoms with Crippen molar-refractivity contribution in [3.05, 3.63) is 23.8 Å². The van der Waals surface area contributed by atoms with E-state index < -0.39 is 6.04 Å². The number of nitriles is 1. The van der Waals surface area contributed by atoms with Gasteiger partial charge in [0.05, 0.1) is 23.0 Å². The van der Waals surface area contributed by atoms with Crippen molar-refractivity contribution in [3.63, 3.8) is 0 Å². The molecule has 0 aliphatic rings. The Bertz CT molecular complexity index is 491. The van der Waals surface area contributed by atoms with Crippen LogP contribution in [-0.2, 0) is 4.79 Å². The highest BCUT2D eigenvalue weighted by Crippen LogP contribution is 2.20. The van der Waals surface area contributed by atoms with Gasteiger partial charge in [0.2, 0.25) is 5.91 Å². The lowest BCUT2D eigenvalue weighted by Gasteiger charge is -2.17. The number of anilines is 2. The molecule has 0 saturated heterocycles. The number of nitrogens with one attached hydrogen (secondary N) is 2. The number of benzene rings is 1. The monoisotopic (exact) mass is 260 g/mol. The molecule has 5 nitrogen and oxygen atoms in total. The van der Waals surface area contributed by atoms with Crippen LogP contribution in [0.5, 0.6) is 0 Å². The molecule has 0 saturated carbocycles. The van der Waals surface area contributed by atoms with Gasteiger partial charge in [-0.3, -0.25) is 4.79 Å². The highest BCUT2D eigenvalue weighted by molar-refractivity contribution is 5.85. The lowest BCUT2D eigenvalue weighted by Crippen LogP contribution is -2.39. The van der Waals surface area contributed by atoms with E-state index in [9.17, 15) is 4.79 Å². The van der Waals surface area contributed by atoms with Gasteiger partial charge >= 0.3 is 0 Å². The van der Waals surface area contributed by atoms with E-state index in [2.05, 4.69) is 10.6 Å². The molecule has 0 heterocycles.